The van der Waals surface area contributed by atoms with Gasteiger partial charge in [-0.15, -0.1) is 0 Å². The van der Waals surface area contributed by atoms with Crippen LogP contribution in [-0.4, -0.2) is 32.9 Å². The van der Waals surface area contributed by atoms with Gasteiger partial charge in [-0.3, -0.25) is 9.59 Å². The number of hydrogen-bond donors (Lipinski definition) is 0. The third-order valence-electron chi connectivity index (χ3n) is 12.1. The molecule has 1 fully saturated rings. The molecule has 0 radical (unpaired) electrons. The molecule has 60 heavy (non-hydrogen) atoms. The predicted octanol–water partition coefficient (Wildman–Crippen LogP) is 17.3. The number of esters is 2. The Labute approximate surface area is 381 Å². The number of aryl methyl sites for hydroxylation is 2. The molecular weight excluding hydrogens is 797 g/mol. The minimum atomic E-state index is -0.167. The molecule has 4 unspecified atom stereocenters. The van der Waals surface area contributed by atoms with Gasteiger partial charge in [-0.05, 0) is 93.2 Å². The van der Waals surface area contributed by atoms with Crippen LogP contribution in [-0.2, 0) is 22.4 Å². The van der Waals surface area contributed by atoms with Crippen LogP contribution < -0.4 is 9.47 Å². The molecule has 7 heteroatoms. The Hall–Kier alpha value is -1.57. The van der Waals surface area contributed by atoms with E-state index in [1.807, 2.05) is 37.3 Å². The van der Waals surface area contributed by atoms with Crippen molar-refractivity contribution >= 4 is 45.3 Å². The molecule has 0 N–H and O–H groups in total. The van der Waals surface area contributed by atoms with E-state index in [2.05, 4.69) is 72.3 Å². The van der Waals surface area contributed by atoms with Gasteiger partial charge >= 0.3 is 11.9 Å². The zero-order valence-corrected chi connectivity index (χ0v) is 41.2. The molecule has 0 amide bonds. The van der Waals surface area contributed by atoms with Crippen LogP contribution in [0.15, 0.2) is 48.5 Å². The number of ether oxygens (including phenoxy) is 2. The van der Waals surface area contributed by atoms with Crippen LogP contribution in [0.25, 0.3) is 0 Å². The minimum absolute atomic E-state index is 0.0926. The molecular formula is C53H86O4S3. The van der Waals surface area contributed by atoms with Crippen molar-refractivity contribution in [3.8, 4) is 11.5 Å². The van der Waals surface area contributed by atoms with Crippen molar-refractivity contribution in [3.05, 3.63) is 59.7 Å². The fourth-order valence-corrected chi connectivity index (χ4v) is 14.8. The van der Waals surface area contributed by atoms with Crippen molar-refractivity contribution in [3.63, 3.8) is 0 Å². The molecule has 1 saturated heterocycles. The Bertz CT molecular complexity index is 1380. The number of carbonyl (C=O) groups is 2. The second kappa shape index (κ2) is 34.9. The molecule has 0 aliphatic carbocycles. The third-order valence-corrected chi connectivity index (χ3v) is 17.8. The summed E-state index contributed by atoms with van der Waals surface area (Å²) < 4.78 is 11.1. The summed E-state index contributed by atoms with van der Waals surface area (Å²) in [6.07, 6.45) is 38.2. The number of carbonyl (C=O) groups excluding carboxylic acids is 2. The number of thioether (sulfide) groups is 1. The standard InChI is InChI=1S/C53H86O4S3/c1-5-9-12-17-28-41-53(55)57-47-36-30-34-45(43-47)32-23-19-16-21-27-40-51-49(38-25-14-11-7-3)58-48(37-24-13-10-6-2)50(59-60-51)39-26-20-15-18-22-31-44-33-29-35-46(42-44)56-52(54)8-4/h29-30,33-36,42-43,48-51H,5-28,31-32,37-41H2,1-4H3. The van der Waals surface area contributed by atoms with Crippen molar-refractivity contribution in [1.82, 2.24) is 0 Å². The molecule has 1 aliphatic heterocycles. The SMILES string of the molecule is CCCCCCCC(=O)Oc1cccc(CCCCCCCC2SSC(CCCCCCCc3cccc(OC(=O)CC)c3)C(CCCCCC)SC2CCCCCC)c1. The number of unbranched alkanes of at least 4 members (excludes halogenated alkanes) is 18. The fraction of sp³-hybridized carbons (Fsp3) is 0.736. The number of rotatable bonds is 35. The van der Waals surface area contributed by atoms with Gasteiger partial charge in [0.05, 0.1) is 0 Å². The van der Waals surface area contributed by atoms with Crippen molar-refractivity contribution in [1.29, 1.82) is 0 Å². The zero-order chi connectivity index (χ0) is 42.9. The Morgan fingerprint density at radius 3 is 1.30 bits per heavy atom. The Morgan fingerprint density at radius 2 is 0.833 bits per heavy atom. The highest BCUT2D eigenvalue weighted by molar-refractivity contribution is 8.77. The molecule has 0 spiro atoms. The Morgan fingerprint density at radius 1 is 0.450 bits per heavy atom. The smallest absolute Gasteiger partial charge is 0.311 e. The minimum Gasteiger partial charge on any atom is -0.427 e. The van der Waals surface area contributed by atoms with Gasteiger partial charge in [-0.25, -0.2) is 0 Å². The van der Waals surface area contributed by atoms with E-state index in [-0.39, 0.29) is 11.9 Å². The average Bonchev–Trinajstić information content (AvgIpc) is 3.41. The van der Waals surface area contributed by atoms with E-state index < -0.39 is 0 Å². The van der Waals surface area contributed by atoms with Crippen molar-refractivity contribution in [2.24, 2.45) is 0 Å². The molecule has 3 rings (SSSR count). The van der Waals surface area contributed by atoms with Gasteiger partial charge in [-0.1, -0.05) is 202 Å². The molecule has 0 bridgehead atoms. The molecule has 4 nitrogen and oxygen atoms in total. The maximum atomic E-state index is 12.4. The zero-order valence-electron chi connectivity index (χ0n) is 38.7. The van der Waals surface area contributed by atoms with Crippen LogP contribution in [0.3, 0.4) is 0 Å². The van der Waals surface area contributed by atoms with E-state index >= 15 is 0 Å². The Kier molecular flexibility index (Phi) is 30.7. The highest BCUT2D eigenvalue weighted by Crippen LogP contribution is 2.51. The fourth-order valence-electron chi connectivity index (χ4n) is 8.38. The summed E-state index contributed by atoms with van der Waals surface area (Å²) in [6.45, 7) is 8.73. The van der Waals surface area contributed by atoms with Crippen LogP contribution in [0.2, 0.25) is 0 Å². The monoisotopic (exact) mass is 883 g/mol. The van der Waals surface area contributed by atoms with Gasteiger partial charge in [0.25, 0.3) is 0 Å². The first-order valence-corrected chi connectivity index (χ1v) is 28.2. The van der Waals surface area contributed by atoms with E-state index in [0.717, 1.165) is 46.7 Å². The van der Waals surface area contributed by atoms with Crippen LogP contribution in [0, 0.1) is 0 Å². The van der Waals surface area contributed by atoms with E-state index in [4.69, 9.17) is 9.47 Å². The Balaban J connectivity index is 1.43. The second-order valence-electron chi connectivity index (χ2n) is 17.6. The lowest BCUT2D eigenvalue weighted by atomic mass is 10.0. The predicted molar refractivity (Wildman–Crippen MR) is 266 cm³/mol. The molecule has 2 aromatic rings. The van der Waals surface area contributed by atoms with Crippen LogP contribution in [0.4, 0.5) is 0 Å². The maximum Gasteiger partial charge on any atom is 0.311 e. The van der Waals surface area contributed by atoms with E-state index in [0.29, 0.717) is 24.3 Å². The number of hydrogen-bond acceptors (Lipinski definition) is 7. The van der Waals surface area contributed by atoms with Gasteiger partial charge < -0.3 is 9.47 Å². The summed E-state index contributed by atoms with van der Waals surface area (Å²) in [7, 11) is 4.59. The van der Waals surface area contributed by atoms with Crippen molar-refractivity contribution < 1.29 is 19.1 Å². The molecule has 1 aliphatic rings. The first-order chi connectivity index (χ1) is 29.4. The summed E-state index contributed by atoms with van der Waals surface area (Å²) >= 11 is 2.44. The molecule has 1 heterocycles. The van der Waals surface area contributed by atoms with Crippen molar-refractivity contribution in [2.75, 3.05) is 0 Å². The van der Waals surface area contributed by atoms with Gasteiger partial charge in [0.15, 0.2) is 0 Å². The quantitative estimate of drug-likeness (QED) is 0.0296. The molecule has 4 atom stereocenters. The first-order valence-electron chi connectivity index (χ1n) is 25.0. The lowest BCUT2D eigenvalue weighted by Gasteiger charge is -2.27. The van der Waals surface area contributed by atoms with Crippen LogP contribution >= 0.6 is 33.3 Å². The van der Waals surface area contributed by atoms with Gasteiger partial charge in [0.1, 0.15) is 11.5 Å². The molecule has 0 saturated carbocycles. The number of benzene rings is 2. The lowest BCUT2D eigenvalue weighted by molar-refractivity contribution is -0.135. The summed E-state index contributed by atoms with van der Waals surface area (Å²) in [4.78, 5) is 24.1. The van der Waals surface area contributed by atoms with Gasteiger partial charge in [0.2, 0.25) is 0 Å². The van der Waals surface area contributed by atoms with Gasteiger partial charge in [-0.2, -0.15) is 11.8 Å². The molecule has 2 aromatic carbocycles. The summed E-state index contributed by atoms with van der Waals surface area (Å²) in [6, 6.07) is 16.3. The van der Waals surface area contributed by atoms with Gasteiger partial charge in [0, 0.05) is 33.8 Å². The molecule has 0 aromatic heterocycles. The average molecular weight is 883 g/mol. The summed E-state index contributed by atoms with van der Waals surface area (Å²) in [5.41, 5.74) is 2.56. The normalized spacial score (nSPS) is 18.0. The van der Waals surface area contributed by atoms with E-state index in [1.54, 1.807) is 0 Å². The summed E-state index contributed by atoms with van der Waals surface area (Å²) in [5, 5.41) is 3.14. The van der Waals surface area contributed by atoms with E-state index in [1.165, 1.54) is 172 Å². The van der Waals surface area contributed by atoms with Crippen molar-refractivity contribution in [2.45, 2.75) is 248 Å². The van der Waals surface area contributed by atoms with Crippen LogP contribution in [0.5, 0.6) is 11.5 Å². The first kappa shape index (κ1) is 52.8. The van der Waals surface area contributed by atoms with E-state index in [9.17, 15) is 9.59 Å². The topological polar surface area (TPSA) is 52.6 Å². The third kappa shape index (κ3) is 24.3. The highest BCUT2D eigenvalue weighted by atomic mass is 33.1. The van der Waals surface area contributed by atoms with Crippen LogP contribution in [0.1, 0.15) is 225 Å². The molecule has 340 valence electrons. The largest absolute Gasteiger partial charge is 0.427 e. The summed E-state index contributed by atoms with van der Waals surface area (Å²) in [5.74, 6) is 1.13. The maximum absolute atomic E-state index is 12.4. The lowest BCUT2D eigenvalue weighted by Crippen LogP contribution is -2.24. The second-order valence-corrected chi connectivity index (χ2v) is 21.8. The highest BCUT2D eigenvalue weighted by Gasteiger charge is 2.34.